The summed E-state index contributed by atoms with van der Waals surface area (Å²) in [4.78, 5) is 7.50. The van der Waals surface area contributed by atoms with Crippen LogP contribution in [-0.4, -0.2) is 6.79 Å². The number of carbonyl (C=O) groups excluding carboxylic acids is 1. The summed E-state index contributed by atoms with van der Waals surface area (Å²) in [5.74, 6) is 0. The third-order valence-electron chi connectivity index (χ3n) is 1.02. The monoisotopic (exact) mass is 294 g/mol. The molecule has 0 fully saturated rings. The molecule has 0 N–H and O–H groups in total. The van der Waals surface area contributed by atoms with Crippen LogP contribution in [0.5, 0.6) is 0 Å². The molecule has 0 saturated carbocycles. The number of rotatable bonds is 4. The molecule has 1 nitrogen and oxygen atoms in total. The summed E-state index contributed by atoms with van der Waals surface area (Å²) in [5.41, 5.74) is 0. The van der Waals surface area contributed by atoms with Crippen molar-refractivity contribution in [2.24, 2.45) is 0 Å². The van der Waals surface area contributed by atoms with Crippen LogP contribution >= 0.6 is 0 Å². The SMILES string of the molecule is C=CC=CCC.C=CC=CCC.[C]=O.[Ru]. The van der Waals surface area contributed by atoms with Crippen LogP contribution < -0.4 is 0 Å². The minimum absolute atomic E-state index is 0. The second-order valence-corrected chi connectivity index (χ2v) is 2.14. The third kappa shape index (κ3) is 60.8. The van der Waals surface area contributed by atoms with E-state index in [1.165, 1.54) is 0 Å². The van der Waals surface area contributed by atoms with Gasteiger partial charge >= 0.3 is 0 Å². The molecule has 15 heavy (non-hydrogen) atoms. The van der Waals surface area contributed by atoms with Gasteiger partial charge in [-0.25, -0.2) is 0 Å². The van der Waals surface area contributed by atoms with Gasteiger partial charge in [-0.3, -0.25) is 4.79 Å². The molecule has 2 heteroatoms. The minimum atomic E-state index is 0. The van der Waals surface area contributed by atoms with Gasteiger partial charge in [-0.2, -0.15) is 0 Å². The predicted molar refractivity (Wildman–Crippen MR) is 64.9 cm³/mol. The van der Waals surface area contributed by atoms with Gasteiger partial charge in [0.1, 0.15) is 0 Å². The fourth-order valence-corrected chi connectivity index (χ4v) is 0.465. The van der Waals surface area contributed by atoms with Gasteiger partial charge in [0.15, 0.2) is 0 Å². The number of hydrogen-bond donors (Lipinski definition) is 0. The summed E-state index contributed by atoms with van der Waals surface area (Å²) in [6.07, 6.45) is 13.8. The molecule has 0 spiro atoms. The molecule has 0 atom stereocenters. The Morgan fingerprint density at radius 1 is 0.933 bits per heavy atom. The van der Waals surface area contributed by atoms with Crippen LogP contribution in [0.4, 0.5) is 0 Å². The van der Waals surface area contributed by atoms with Crippen LogP contribution in [0.2, 0.25) is 0 Å². The van der Waals surface area contributed by atoms with Gasteiger partial charge in [-0.05, 0) is 12.8 Å². The van der Waals surface area contributed by atoms with E-state index in [1.54, 1.807) is 12.2 Å². The van der Waals surface area contributed by atoms with E-state index in [2.05, 4.69) is 45.9 Å². The van der Waals surface area contributed by atoms with Gasteiger partial charge in [-0.15, -0.1) is 0 Å². The van der Waals surface area contributed by atoms with Gasteiger partial charge in [-0.1, -0.05) is 63.5 Å². The van der Waals surface area contributed by atoms with Crippen LogP contribution in [-0.2, 0) is 24.3 Å². The van der Waals surface area contributed by atoms with Crippen LogP contribution in [0.3, 0.4) is 0 Å². The van der Waals surface area contributed by atoms with Crippen molar-refractivity contribution in [1.82, 2.24) is 0 Å². The second-order valence-electron chi connectivity index (χ2n) is 2.14. The van der Waals surface area contributed by atoms with Gasteiger partial charge < -0.3 is 0 Å². The van der Waals surface area contributed by atoms with Gasteiger partial charge in [0.2, 0.25) is 0 Å². The summed E-state index contributed by atoms with van der Waals surface area (Å²) in [6.45, 7) is 15.7. The van der Waals surface area contributed by atoms with Crippen molar-refractivity contribution >= 4 is 6.79 Å². The van der Waals surface area contributed by atoms with Crippen molar-refractivity contribution in [3.8, 4) is 0 Å². The van der Waals surface area contributed by atoms with Gasteiger partial charge in [0, 0.05) is 19.5 Å². The van der Waals surface area contributed by atoms with E-state index in [0.717, 1.165) is 12.8 Å². The van der Waals surface area contributed by atoms with Gasteiger partial charge in [0.05, 0.1) is 0 Å². The Kier molecular flexibility index (Phi) is 60.0. The molecule has 0 aromatic heterocycles. The Morgan fingerprint density at radius 3 is 1.27 bits per heavy atom. The first kappa shape index (κ1) is 23.8. The maximum Gasteiger partial charge on any atom is 0.281 e. The Hall–Kier alpha value is -0.747. The molecule has 0 aliphatic rings. The predicted octanol–water partition coefficient (Wildman–Crippen LogP) is 3.88. The molecule has 0 aliphatic carbocycles. The van der Waals surface area contributed by atoms with Crippen molar-refractivity contribution in [3.05, 3.63) is 49.6 Å². The van der Waals surface area contributed by atoms with Crippen LogP contribution in [0.25, 0.3) is 0 Å². The fourth-order valence-electron chi connectivity index (χ4n) is 0.465. The zero-order valence-electron chi connectivity index (χ0n) is 9.55. The molecule has 0 aliphatic heterocycles. The number of hydrogen-bond acceptors (Lipinski definition) is 1. The normalized spacial score (nSPS) is 7.87. The van der Waals surface area contributed by atoms with Crippen molar-refractivity contribution in [2.45, 2.75) is 26.7 Å². The maximum atomic E-state index is 7.50. The largest absolute Gasteiger partial charge is 0.281 e. The summed E-state index contributed by atoms with van der Waals surface area (Å²) >= 11 is 0. The van der Waals surface area contributed by atoms with E-state index >= 15 is 0 Å². The Morgan fingerprint density at radius 2 is 1.20 bits per heavy atom. The Labute approximate surface area is 107 Å². The molecule has 0 aromatic rings. The van der Waals surface area contributed by atoms with E-state index in [0.29, 0.717) is 0 Å². The molecule has 0 aromatic carbocycles. The first-order valence-corrected chi connectivity index (χ1v) is 4.58. The average Bonchev–Trinajstić information content (AvgIpc) is 2.27. The van der Waals surface area contributed by atoms with Crippen molar-refractivity contribution in [1.29, 1.82) is 0 Å². The van der Waals surface area contributed by atoms with Crippen molar-refractivity contribution in [2.75, 3.05) is 0 Å². The molecule has 86 valence electrons. The molecule has 0 rings (SSSR count). The molecule has 0 bridgehead atoms. The van der Waals surface area contributed by atoms with Crippen molar-refractivity contribution in [3.63, 3.8) is 0 Å². The first-order chi connectivity index (χ1) is 6.83. The topological polar surface area (TPSA) is 17.1 Å². The molecule has 2 radical (unpaired) electrons. The third-order valence-corrected chi connectivity index (χ3v) is 1.02. The van der Waals surface area contributed by atoms with Crippen molar-refractivity contribution < 1.29 is 24.3 Å². The van der Waals surface area contributed by atoms with Crippen LogP contribution in [0.15, 0.2) is 49.6 Å². The Bertz CT molecular complexity index is 142. The van der Waals surface area contributed by atoms with E-state index in [9.17, 15) is 0 Å². The zero-order valence-corrected chi connectivity index (χ0v) is 11.3. The molecular formula is C13H20ORu. The summed E-state index contributed by atoms with van der Waals surface area (Å²) < 4.78 is 0. The molecule has 0 saturated heterocycles. The minimum Gasteiger partial charge on any atom is -0.281 e. The second kappa shape index (κ2) is 37.8. The summed E-state index contributed by atoms with van der Waals surface area (Å²) in [5, 5.41) is 0. The van der Waals surface area contributed by atoms with Crippen LogP contribution in [0, 0.1) is 0 Å². The molecule has 0 unspecified atom stereocenters. The Balaban J connectivity index is -0.0000000653. The van der Waals surface area contributed by atoms with Gasteiger partial charge in [0.25, 0.3) is 6.79 Å². The summed E-state index contributed by atoms with van der Waals surface area (Å²) in [6, 6.07) is 0. The zero-order chi connectivity index (χ0) is 11.7. The standard InChI is InChI=1S/2C6H10.CO.Ru/c2*1-3-5-6-4-2;1-2;/h2*3,5-6H,1,4H2,2H3;;. The number of allylic oxidation sites excluding steroid dienone is 6. The van der Waals surface area contributed by atoms with E-state index in [4.69, 9.17) is 4.79 Å². The smallest absolute Gasteiger partial charge is 0.281 e. The summed E-state index contributed by atoms with van der Waals surface area (Å²) in [7, 11) is 0. The quantitative estimate of drug-likeness (QED) is 0.568. The van der Waals surface area contributed by atoms with Crippen LogP contribution in [0.1, 0.15) is 26.7 Å². The maximum absolute atomic E-state index is 7.50. The first-order valence-electron chi connectivity index (χ1n) is 4.58. The molecule has 0 amide bonds. The van der Waals surface area contributed by atoms with E-state index in [-0.39, 0.29) is 19.5 Å². The molecular weight excluding hydrogens is 273 g/mol. The fraction of sp³-hybridized carbons (Fsp3) is 0.308. The van der Waals surface area contributed by atoms with E-state index < -0.39 is 0 Å². The van der Waals surface area contributed by atoms with E-state index in [1.807, 2.05) is 12.2 Å². The average molecular weight is 293 g/mol. The molecule has 0 heterocycles.